The molecule has 1 fully saturated rings. The largest absolute Gasteiger partial charge is 0.454 e. The van der Waals surface area contributed by atoms with Crippen LogP contribution < -0.4 is 5.32 Å². The number of allylic oxidation sites excluding steroid dienone is 13. The van der Waals surface area contributed by atoms with E-state index in [9.17, 15) is 35.1 Å². The van der Waals surface area contributed by atoms with Gasteiger partial charge in [-0.05, 0) is 70.6 Å². The summed E-state index contributed by atoms with van der Waals surface area (Å²) < 4.78 is 17.5. The van der Waals surface area contributed by atoms with Crippen molar-refractivity contribution in [3.63, 3.8) is 0 Å². The summed E-state index contributed by atoms with van der Waals surface area (Å²) in [5.41, 5.74) is 0. The lowest BCUT2D eigenvalue weighted by Gasteiger charge is -2.41. The number of hydrogen-bond donors (Lipinski definition) is 6. The van der Waals surface area contributed by atoms with Crippen molar-refractivity contribution < 1.29 is 49.3 Å². The van der Waals surface area contributed by atoms with E-state index < -0.39 is 67.4 Å². The molecule has 0 spiro atoms. The Hall–Kier alpha value is -3.16. The standard InChI is InChI=1S/C59H101NO10/c1-4-7-10-13-16-19-22-25-28-31-34-37-40-43-46-52(63)58(67)60-50(51(62)45-42-39-36-33-30-27-24-21-18-15-12-9-6-3)49-68-59-57(56(66)55(65)53(48-61)69-59)70-54(64)47-44-41-38-35-32-29-26-23-20-17-14-11-8-5-2/h7,10,13,16,19,22,25,28-29,31-32,34,42,45,50-53,55-57,59,61-63,65-66H,4-6,8-9,11-12,14-15,17-18,20-21,23-24,26-27,30,33,35-41,43-44,46-49H2,1-3H3,(H,60,67)/b10-7+,16-13+,22-19-,28-25-,32-29-,34-31+,45-42+. The van der Waals surface area contributed by atoms with Gasteiger partial charge in [-0.2, -0.15) is 0 Å². The Kier molecular flexibility index (Phi) is 43.4. The fourth-order valence-electron chi connectivity index (χ4n) is 8.19. The fourth-order valence-corrected chi connectivity index (χ4v) is 8.19. The molecule has 1 heterocycles. The Morgan fingerprint density at radius 3 is 1.59 bits per heavy atom. The number of carbonyl (C=O) groups is 2. The van der Waals surface area contributed by atoms with Gasteiger partial charge in [-0.3, -0.25) is 9.59 Å². The molecular weight excluding hydrogens is 883 g/mol. The van der Waals surface area contributed by atoms with Crippen LogP contribution in [0.25, 0.3) is 0 Å². The van der Waals surface area contributed by atoms with Crippen molar-refractivity contribution >= 4 is 11.9 Å². The average molecular weight is 984 g/mol. The number of aliphatic hydroxyl groups is 5. The van der Waals surface area contributed by atoms with Crippen molar-refractivity contribution in [3.05, 3.63) is 85.1 Å². The minimum Gasteiger partial charge on any atom is -0.454 e. The van der Waals surface area contributed by atoms with Crippen molar-refractivity contribution in [2.45, 2.75) is 262 Å². The molecule has 0 radical (unpaired) electrons. The summed E-state index contributed by atoms with van der Waals surface area (Å²) in [6.07, 6.45) is 49.1. The van der Waals surface area contributed by atoms with Crippen LogP contribution in [0, 0.1) is 0 Å². The molecule has 0 bridgehead atoms. The lowest BCUT2D eigenvalue weighted by Crippen LogP contribution is -2.61. The maximum atomic E-state index is 13.3. The minimum absolute atomic E-state index is 0.0942. The van der Waals surface area contributed by atoms with Crippen LogP contribution in [-0.2, 0) is 23.8 Å². The molecule has 1 saturated heterocycles. The first kappa shape index (κ1) is 64.9. The lowest BCUT2D eigenvalue weighted by atomic mass is 9.99. The summed E-state index contributed by atoms with van der Waals surface area (Å²) in [5, 5.41) is 56.7. The van der Waals surface area contributed by atoms with Crippen LogP contribution in [0.15, 0.2) is 85.1 Å². The lowest BCUT2D eigenvalue weighted by molar-refractivity contribution is -0.305. The van der Waals surface area contributed by atoms with Crippen LogP contribution >= 0.6 is 0 Å². The molecule has 11 heteroatoms. The second-order valence-electron chi connectivity index (χ2n) is 19.1. The van der Waals surface area contributed by atoms with E-state index in [-0.39, 0.29) is 19.4 Å². The molecule has 1 aliphatic heterocycles. The summed E-state index contributed by atoms with van der Waals surface area (Å²) in [6.45, 7) is 5.58. The second-order valence-corrected chi connectivity index (χ2v) is 19.1. The molecule has 8 atom stereocenters. The van der Waals surface area contributed by atoms with E-state index in [2.05, 4.69) is 44.3 Å². The van der Waals surface area contributed by atoms with Crippen molar-refractivity contribution in [1.82, 2.24) is 5.32 Å². The predicted octanol–water partition coefficient (Wildman–Crippen LogP) is 12.2. The van der Waals surface area contributed by atoms with Crippen molar-refractivity contribution in [2.75, 3.05) is 13.2 Å². The van der Waals surface area contributed by atoms with E-state index in [1.54, 1.807) is 6.08 Å². The van der Waals surface area contributed by atoms with E-state index in [0.29, 0.717) is 12.8 Å². The molecule has 1 aliphatic rings. The van der Waals surface area contributed by atoms with Crippen LogP contribution in [0.4, 0.5) is 0 Å². The van der Waals surface area contributed by atoms with Gasteiger partial charge in [0.15, 0.2) is 12.4 Å². The summed E-state index contributed by atoms with van der Waals surface area (Å²) >= 11 is 0. The highest BCUT2D eigenvalue weighted by molar-refractivity contribution is 5.80. The number of ether oxygens (including phenoxy) is 3. The molecule has 6 N–H and O–H groups in total. The SMILES string of the molecule is CC/C=C/C=C/C=C\C=C/C=C/CCCCC(O)C(=O)NC(COC1OC(CO)C(O)C(O)C1OC(=O)CCCCC/C=C\CCCCCCCCC)C(O)/C=C/CCCCCCCCCCCCC. The van der Waals surface area contributed by atoms with Gasteiger partial charge in [-0.1, -0.05) is 221 Å². The third-order valence-electron chi connectivity index (χ3n) is 12.7. The highest BCUT2D eigenvalue weighted by Gasteiger charge is 2.47. The third kappa shape index (κ3) is 35.0. The van der Waals surface area contributed by atoms with E-state index in [1.165, 1.54) is 96.3 Å². The minimum atomic E-state index is -1.63. The Bertz CT molecular complexity index is 1460. The molecule has 11 nitrogen and oxygen atoms in total. The Morgan fingerprint density at radius 2 is 1.04 bits per heavy atom. The van der Waals surface area contributed by atoms with Crippen molar-refractivity contribution in [2.24, 2.45) is 0 Å². The second kappa shape index (κ2) is 46.9. The highest BCUT2D eigenvalue weighted by Crippen LogP contribution is 2.26. The Balaban J connectivity index is 2.81. The number of esters is 1. The van der Waals surface area contributed by atoms with Crippen LogP contribution in [-0.4, -0.2) is 99.6 Å². The summed E-state index contributed by atoms with van der Waals surface area (Å²) in [4.78, 5) is 26.4. The molecular formula is C59H101NO10. The summed E-state index contributed by atoms with van der Waals surface area (Å²) in [6, 6.07) is -1.05. The van der Waals surface area contributed by atoms with Gasteiger partial charge in [0.25, 0.3) is 0 Å². The monoisotopic (exact) mass is 984 g/mol. The third-order valence-corrected chi connectivity index (χ3v) is 12.7. The summed E-state index contributed by atoms with van der Waals surface area (Å²) in [5.74, 6) is -1.26. The van der Waals surface area contributed by atoms with Crippen LogP contribution in [0.1, 0.15) is 213 Å². The number of amides is 1. The van der Waals surface area contributed by atoms with Crippen LogP contribution in [0.2, 0.25) is 0 Å². The topological polar surface area (TPSA) is 175 Å². The van der Waals surface area contributed by atoms with E-state index in [4.69, 9.17) is 14.2 Å². The maximum absolute atomic E-state index is 13.3. The first-order valence-electron chi connectivity index (χ1n) is 27.9. The van der Waals surface area contributed by atoms with Gasteiger partial charge in [0.05, 0.1) is 25.4 Å². The van der Waals surface area contributed by atoms with Gasteiger partial charge in [-0.25, -0.2) is 0 Å². The smallest absolute Gasteiger partial charge is 0.306 e. The molecule has 0 aromatic rings. The summed E-state index contributed by atoms with van der Waals surface area (Å²) in [7, 11) is 0. The highest BCUT2D eigenvalue weighted by atomic mass is 16.7. The molecule has 0 aliphatic carbocycles. The van der Waals surface area contributed by atoms with Gasteiger partial charge >= 0.3 is 5.97 Å². The molecule has 1 amide bonds. The maximum Gasteiger partial charge on any atom is 0.306 e. The van der Waals surface area contributed by atoms with Gasteiger partial charge in [-0.15, -0.1) is 0 Å². The average Bonchev–Trinajstić information content (AvgIpc) is 3.36. The molecule has 0 aromatic heterocycles. The van der Waals surface area contributed by atoms with E-state index in [1.807, 2.05) is 60.8 Å². The zero-order valence-electron chi connectivity index (χ0n) is 44.1. The van der Waals surface area contributed by atoms with Gasteiger partial charge in [0, 0.05) is 6.42 Å². The molecule has 8 unspecified atom stereocenters. The van der Waals surface area contributed by atoms with E-state index in [0.717, 1.165) is 70.6 Å². The number of hydrogen-bond acceptors (Lipinski definition) is 10. The molecule has 402 valence electrons. The predicted molar refractivity (Wildman–Crippen MR) is 287 cm³/mol. The van der Waals surface area contributed by atoms with Gasteiger partial charge in [0.2, 0.25) is 5.91 Å². The number of rotatable bonds is 45. The zero-order chi connectivity index (χ0) is 51.1. The molecule has 0 saturated carbocycles. The number of carbonyl (C=O) groups excluding carboxylic acids is 2. The van der Waals surface area contributed by atoms with Crippen molar-refractivity contribution in [1.29, 1.82) is 0 Å². The Labute approximate surface area is 425 Å². The van der Waals surface area contributed by atoms with Crippen LogP contribution in [0.5, 0.6) is 0 Å². The first-order valence-corrected chi connectivity index (χ1v) is 27.9. The molecule has 0 aromatic carbocycles. The quantitative estimate of drug-likeness (QED) is 0.0149. The molecule has 70 heavy (non-hydrogen) atoms. The number of unbranched alkanes of at least 4 members (excludes halogenated alkanes) is 23. The van der Waals surface area contributed by atoms with Gasteiger partial charge in [0.1, 0.15) is 24.4 Å². The van der Waals surface area contributed by atoms with E-state index >= 15 is 0 Å². The zero-order valence-corrected chi connectivity index (χ0v) is 44.1. The Morgan fingerprint density at radius 1 is 0.571 bits per heavy atom. The number of nitrogens with one attached hydrogen (secondary N) is 1. The number of aliphatic hydroxyl groups excluding tert-OH is 5. The molecule has 1 rings (SSSR count). The van der Waals surface area contributed by atoms with Crippen molar-refractivity contribution in [3.8, 4) is 0 Å². The van der Waals surface area contributed by atoms with Gasteiger partial charge < -0.3 is 45.1 Å². The first-order chi connectivity index (χ1) is 34.2. The fraction of sp³-hybridized carbons (Fsp3) is 0.729. The normalized spacial score (nSPS) is 20.4. The van der Waals surface area contributed by atoms with Crippen LogP contribution in [0.3, 0.4) is 0 Å².